The lowest BCUT2D eigenvalue weighted by atomic mass is 10.1. The minimum Gasteiger partial charge on any atom is -0.475 e. The Morgan fingerprint density at radius 2 is 1.96 bits per heavy atom. The highest BCUT2D eigenvalue weighted by molar-refractivity contribution is 6.31. The summed E-state index contributed by atoms with van der Waals surface area (Å²) in [5, 5.41) is 9.57. The molecule has 1 heterocycles. The number of halogens is 3. The first kappa shape index (κ1) is 19.8. The molecular weight excluding hydrogens is 394 g/mol. The number of primary amides is 1. The van der Waals surface area contributed by atoms with Crippen LogP contribution in [0.5, 0.6) is 5.75 Å². The molecule has 1 unspecified atom stereocenters. The van der Waals surface area contributed by atoms with Gasteiger partial charge in [0, 0.05) is 5.56 Å². The number of carbonyl (C=O) groups is 1. The summed E-state index contributed by atoms with van der Waals surface area (Å²) in [5.41, 5.74) is 6.07. The number of oxazole rings is 1. The molecule has 0 radical (unpaired) electrons. The molecular formula is C19H15ClF2N2O4. The van der Waals surface area contributed by atoms with Crippen LogP contribution in [0.25, 0.3) is 11.3 Å². The van der Waals surface area contributed by atoms with Crippen LogP contribution in [0.15, 0.2) is 40.8 Å². The van der Waals surface area contributed by atoms with Gasteiger partial charge < -0.3 is 20.0 Å². The lowest BCUT2D eigenvalue weighted by molar-refractivity contribution is 0.0888. The van der Waals surface area contributed by atoms with E-state index in [1.807, 2.05) is 19.1 Å². The largest absolute Gasteiger partial charge is 0.475 e. The molecule has 0 saturated heterocycles. The van der Waals surface area contributed by atoms with E-state index in [-0.39, 0.29) is 11.1 Å². The van der Waals surface area contributed by atoms with Crippen molar-refractivity contribution in [2.24, 2.45) is 5.73 Å². The fraction of sp³-hybridized carbons (Fsp3) is 0.158. The van der Waals surface area contributed by atoms with Gasteiger partial charge in [-0.1, -0.05) is 29.8 Å². The lowest BCUT2D eigenvalue weighted by Crippen LogP contribution is -2.18. The van der Waals surface area contributed by atoms with Crippen LogP contribution in [0.3, 0.4) is 0 Å². The highest BCUT2D eigenvalue weighted by Gasteiger charge is 2.26. The van der Waals surface area contributed by atoms with E-state index in [1.165, 1.54) is 0 Å². The van der Waals surface area contributed by atoms with Gasteiger partial charge in [-0.15, -0.1) is 0 Å². The Hall–Kier alpha value is -2.97. The zero-order valence-corrected chi connectivity index (χ0v) is 15.3. The quantitative estimate of drug-likeness (QED) is 0.646. The van der Waals surface area contributed by atoms with E-state index in [2.05, 4.69) is 4.98 Å². The number of nitrogens with zero attached hydrogens (tertiary/aromatic N) is 1. The first-order valence-electron chi connectivity index (χ1n) is 8.10. The molecule has 6 nitrogen and oxygen atoms in total. The lowest BCUT2D eigenvalue weighted by Gasteiger charge is -2.15. The van der Waals surface area contributed by atoms with Crippen molar-refractivity contribution in [2.45, 2.75) is 13.0 Å². The number of aryl methyl sites for hydroxylation is 1. The zero-order valence-electron chi connectivity index (χ0n) is 14.6. The standard InChI is InChI=1S/C19H15ClF2N2O4/c1-9-2-4-10(5-3-9)16-17(20)28-19(24-16)13(8-25)27-12-7-6-11(21)14(15(12)22)18(23)26/h2-7,13,25H,8H2,1H3,(H2,23,26). The normalized spacial score (nSPS) is 12.0. The van der Waals surface area contributed by atoms with Crippen LogP contribution in [0.2, 0.25) is 5.22 Å². The molecule has 0 saturated carbocycles. The molecule has 0 spiro atoms. The summed E-state index contributed by atoms with van der Waals surface area (Å²) in [6.45, 7) is 1.28. The molecule has 3 N–H and O–H groups in total. The topological polar surface area (TPSA) is 98.6 Å². The number of aromatic nitrogens is 1. The van der Waals surface area contributed by atoms with Crippen molar-refractivity contribution >= 4 is 17.5 Å². The number of benzene rings is 2. The summed E-state index contributed by atoms with van der Waals surface area (Å²) in [7, 11) is 0. The number of amides is 1. The summed E-state index contributed by atoms with van der Waals surface area (Å²) in [6.07, 6.45) is -1.25. The van der Waals surface area contributed by atoms with E-state index in [0.717, 1.165) is 17.7 Å². The van der Waals surface area contributed by atoms with E-state index < -0.39 is 41.6 Å². The number of carbonyl (C=O) groups excluding carboxylic acids is 1. The molecule has 9 heteroatoms. The zero-order chi connectivity index (χ0) is 20.4. The van der Waals surface area contributed by atoms with E-state index in [4.69, 9.17) is 26.5 Å². The Morgan fingerprint density at radius 1 is 1.29 bits per heavy atom. The van der Waals surface area contributed by atoms with Crippen LogP contribution < -0.4 is 10.5 Å². The second-order valence-corrected chi connectivity index (χ2v) is 6.27. The molecule has 0 aliphatic heterocycles. The number of aliphatic hydroxyl groups is 1. The van der Waals surface area contributed by atoms with Crippen LogP contribution in [-0.2, 0) is 0 Å². The number of nitrogens with two attached hydrogens (primary N) is 1. The van der Waals surface area contributed by atoms with Crippen molar-refractivity contribution in [2.75, 3.05) is 6.61 Å². The molecule has 3 aromatic rings. The molecule has 0 bridgehead atoms. The van der Waals surface area contributed by atoms with E-state index in [9.17, 15) is 18.7 Å². The van der Waals surface area contributed by atoms with Gasteiger partial charge in [0.05, 0.1) is 6.61 Å². The molecule has 1 atom stereocenters. The second-order valence-electron chi connectivity index (χ2n) is 5.93. The monoisotopic (exact) mass is 408 g/mol. The Bertz CT molecular complexity index is 1020. The van der Waals surface area contributed by atoms with Gasteiger partial charge in [-0.2, -0.15) is 0 Å². The van der Waals surface area contributed by atoms with Crippen LogP contribution in [0, 0.1) is 18.6 Å². The van der Waals surface area contributed by atoms with Gasteiger partial charge in [-0.3, -0.25) is 4.79 Å². The Labute approximate surface area is 163 Å². The maximum atomic E-state index is 14.4. The highest BCUT2D eigenvalue weighted by atomic mass is 35.5. The van der Waals surface area contributed by atoms with Crippen LogP contribution >= 0.6 is 11.6 Å². The molecule has 2 aromatic carbocycles. The fourth-order valence-corrected chi connectivity index (χ4v) is 2.74. The van der Waals surface area contributed by atoms with Crippen LogP contribution in [-0.4, -0.2) is 22.6 Å². The number of hydrogen-bond acceptors (Lipinski definition) is 5. The molecule has 0 aliphatic carbocycles. The SMILES string of the molecule is Cc1ccc(-c2nc(C(CO)Oc3ccc(F)c(C(N)=O)c3F)oc2Cl)cc1. The van der Waals surface area contributed by atoms with E-state index in [1.54, 1.807) is 12.1 Å². The average molecular weight is 409 g/mol. The van der Waals surface area contributed by atoms with Crippen LogP contribution in [0.1, 0.15) is 27.9 Å². The van der Waals surface area contributed by atoms with Gasteiger partial charge >= 0.3 is 0 Å². The predicted molar refractivity (Wildman–Crippen MR) is 97.0 cm³/mol. The predicted octanol–water partition coefficient (Wildman–Crippen LogP) is 3.79. The molecule has 1 aromatic heterocycles. The van der Waals surface area contributed by atoms with Crippen molar-refractivity contribution in [3.63, 3.8) is 0 Å². The molecule has 0 fully saturated rings. The second kappa shape index (κ2) is 7.95. The number of aliphatic hydroxyl groups excluding tert-OH is 1. The average Bonchev–Trinajstić information content (AvgIpc) is 3.03. The smallest absolute Gasteiger partial charge is 0.254 e. The van der Waals surface area contributed by atoms with E-state index >= 15 is 0 Å². The van der Waals surface area contributed by atoms with Crippen molar-refractivity contribution < 1.29 is 27.8 Å². The van der Waals surface area contributed by atoms with Gasteiger partial charge in [-0.25, -0.2) is 13.8 Å². The minimum atomic E-state index is -1.29. The summed E-state index contributed by atoms with van der Waals surface area (Å²) in [5.74, 6) is -4.32. The summed E-state index contributed by atoms with van der Waals surface area (Å²) in [4.78, 5) is 15.4. The van der Waals surface area contributed by atoms with Crippen molar-refractivity contribution in [1.82, 2.24) is 4.98 Å². The van der Waals surface area contributed by atoms with Crippen molar-refractivity contribution in [3.05, 3.63) is 70.3 Å². The van der Waals surface area contributed by atoms with Gasteiger partial charge in [0.2, 0.25) is 11.1 Å². The maximum Gasteiger partial charge on any atom is 0.254 e. The maximum absolute atomic E-state index is 14.4. The number of hydrogen-bond donors (Lipinski definition) is 2. The van der Waals surface area contributed by atoms with Gasteiger partial charge in [-0.05, 0) is 30.7 Å². The Kier molecular flexibility index (Phi) is 5.62. The van der Waals surface area contributed by atoms with Crippen LogP contribution in [0.4, 0.5) is 8.78 Å². The molecule has 146 valence electrons. The summed E-state index contributed by atoms with van der Waals surface area (Å²) < 4.78 is 38.6. The number of rotatable bonds is 6. The number of ether oxygens (including phenoxy) is 1. The van der Waals surface area contributed by atoms with Crippen molar-refractivity contribution in [3.8, 4) is 17.0 Å². The van der Waals surface area contributed by atoms with Gasteiger partial charge in [0.25, 0.3) is 5.91 Å². The van der Waals surface area contributed by atoms with Gasteiger partial charge in [0.15, 0.2) is 17.7 Å². The molecule has 28 heavy (non-hydrogen) atoms. The highest BCUT2D eigenvalue weighted by Crippen LogP contribution is 2.33. The minimum absolute atomic E-state index is 0.0432. The van der Waals surface area contributed by atoms with Crippen molar-refractivity contribution in [1.29, 1.82) is 0 Å². The third-order valence-corrected chi connectivity index (χ3v) is 4.20. The van der Waals surface area contributed by atoms with E-state index in [0.29, 0.717) is 11.3 Å². The fourth-order valence-electron chi connectivity index (χ4n) is 2.51. The third-order valence-electron chi connectivity index (χ3n) is 3.94. The Morgan fingerprint density at radius 3 is 2.57 bits per heavy atom. The third kappa shape index (κ3) is 3.83. The van der Waals surface area contributed by atoms with Gasteiger partial charge in [0.1, 0.15) is 17.1 Å². The first-order valence-corrected chi connectivity index (χ1v) is 8.48. The Balaban J connectivity index is 1.93. The first-order chi connectivity index (χ1) is 13.3. The molecule has 1 amide bonds. The molecule has 3 rings (SSSR count). The molecule has 0 aliphatic rings. The summed E-state index contributed by atoms with van der Waals surface area (Å²) >= 11 is 6.09. The summed E-state index contributed by atoms with van der Waals surface area (Å²) in [6, 6.07) is 9.09.